The first-order valence-corrected chi connectivity index (χ1v) is 8.86. The number of nitrogens with zero attached hydrogens (tertiary/aromatic N) is 1. The summed E-state index contributed by atoms with van der Waals surface area (Å²) in [5, 5.41) is 2.65. The average Bonchev–Trinajstić information content (AvgIpc) is 2.59. The molecule has 1 N–H and O–H groups in total. The lowest BCUT2D eigenvalue weighted by molar-refractivity contribution is -0.122. The molecule has 0 aromatic heterocycles. The Morgan fingerprint density at radius 1 is 1.12 bits per heavy atom. The molecule has 1 heterocycles. The van der Waals surface area contributed by atoms with E-state index in [9.17, 15) is 14.4 Å². The third-order valence-corrected chi connectivity index (χ3v) is 4.50. The van der Waals surface area contributed by atoms with Gasteiger partial charge in [0.2, 0.25) is 0 Å². The molecular weight excluding hydrogens is 471 g/mol. The molecule has 0 bridgehead atoms. The standard InChI is InChI=1S/C18H12ClIN2O4/c1-26-14-7-10(6-12(20)9-14)8-15-16(23)21-18(25)22(17(15)24)13-4-2-11(19)3-5-13/h2-9H,1H3,(H,21,23,25)/b15-8+. The minimum absolute atomic E-state index is 0.149. The summed E-state index contributed by atoms with van der Waals surface area (Å²) in [4.78, 5) is 38.0. The molecule has 1 saturated heterocycles. The van der Waals surface area contributed by atoms with Crippen LogP contribution in [0.5, 0.6) is 5.75 Å². The SMILES string of the molecule is COc1cc(I)cc(/C=C2\C(=O)NC(=O)N(c3ccc(Cl)cc3)C2=O)c1. The largest absolute Gasteiger partial charge is 0.497 e. The van der Waals surface area contributed by atoms with Gasteiger partial charge >= 0.3 is 6.03 Å². The molecule has 1 aliphatic rings. The summed E-state index contributed by atoms with van der Waals surface area (Å²) in [6, 6.07) is 10.7. The number of rotatable bonds is 3. The summed E-state index contributed by atoms with van der Waals surface area (Å²) in [5.41, 5.74) is 0.775. The van der Waals surface area contributed by atoms with Gasteiger partial charge in [0, 0.05) is 8.59 Å². The first-order chi connectivity index (χ1) is 12.4. The van der Waals surface area contributed by atoms with E-state index in [1.807, 2.05) is 6.07 Å². The molecule has 0 radical (unpaired) electrons. The van der Waals surface area contributed by atoms with E-state index in [1.54, 1.807) is 24.3 Å². The van der Waals surface area contributed by atoms with Gasteiger partial charge in [-0.2, -0.15) is 0 Å². The van der Waals surface area contributed by atoms with Crippen LogP contribution in [0.1, 0.15) is 5.56 Å². The fraction of sp³-hybridized carbons (Fsp3) is 0.0556. The third-order valence-electron chi connectivity index (χ3n) is 3.63. The van der Waals surface area contributed by atoms with E-state index in [2.05, 4.69) is 27.9 Å². The van der Waals surface area contributed by atoms with E-state index in [1.165, 1.54) is 25.3 Å². The maximum absolute atomic E-state index is 12.8. The van der Waals surface area contributed by atoms with Crippen molar-refractivity contribution in [2.45, 2.75) is 0 Å². The highest BCUT2D eigenvalue weighted by molar-refractivity contribution is 14.1. The number of benzene rings is 2. The van der Waals surface area contributed by atoms with Crippen molar-refractivity contribution in [3.63, 3.8) is 0 Å². The number of carbonyl (C=O) groups excluding carboxylic acids is 3. The molecule has 0 saturated carbocycles. The first-order valence-electron chi connectivity index (χ1n) is 7.40. The lowest BCUT2D eigenvalue weighted by Crippen LogP contribution is -2.54. The molecule has 1 aliphatic heterocycles. The van der Waals surface area contributed by atoms with E-state index in [0.29, 0.717) is 22.0 Å². The van der Waals surface area contributed by atoms with Crippen LogP contribution in [0.4, 0.5) is 10.5 Å². The summed E-state index contributed by atoms with van der Waals surface area (Å²) < 4.78 is 6.08. The number of amides is 4. The molecule has 4 amide bonds. The number of hydrogen-bond donors (Lipinski definition) is 1. The quantitative estimate of drug-likeness (QED) is 0.412. The molecule has 3 rings (SSSR count). The number of halogens is 2. The van der Waals surface area contributed by atoms with Crippen LogP contribution in [0.15, 0.2) is 48.0 Å². The molecule has 2 aromatic rings. The van der Waals surface area contributed by atoms with Crippen molar-refractivity contribution >= 4 is 63.8 Å². The van der Waals surface area contributed by atoms with Crippen molar-refractivity contribution in [1.29, 1.82) is 0 Å². The number of imide groups is 2. The maximum atomic E-state index is 12.8. The van der Waals surface area contributed by atoms with E-state index in [4.69, 9.17) is 16.3 Å². The van der Waals surface area contributed by atoms with E-state index >= 15 is 0 Å². The van der Waals surface area contributed by atoms with Crippen molar-refractivity contribution in [2.24, 2.45) is 0 Å². The Morgan fingerprint density at radius 3 is 2.46 bits per heavy atom. The zero-order chi connectivity index (χ0) is 18.8. The highest BCUT2D eigenvalue weighted by Gasteiger charge is 2.36. The number of hydrogen-bond acceptors (Lipinski definition) is 4. The van der Waals surface area contributed by atoms with Crippen LogP contribution in [0.25, 0.3) is 6.08 Å². The van der Waals surface area contributed by atoms with Gasteiger partial charge in [0.25, 0.3) is 11.8 Å². The number of urea groups is 1. The van der Waals surface area contributed by atoms with Gasteiger partial charge < -0.3 is 4.74 Å². The van der Waals surface area contributed by atoms with Crippen LogP contribution in [-0.4, -0.2) is 25.0 Å². The zero-order valence-corrected chi connectivity index (χ0v) is 16.4. The molecule has 0 atom stereocenters. The van der Waals surface area contributed by atoms with Crippen molar-refractivity contribution < 1.29 is 19.1 Å². The molecule has 1 fully saturated rings. The lowest BCUT2D eigenvalue weighted by Gasteiger charge is -2.26. The Balaban J connectivity index is 2.02. The molecule has 8 heteroatoms. The molecule has 26 heavy (non-hydrogen) atoms. The second-order valence-corrected chi connectivity index (χ2v) is 7.04. The minimum Gasteiger partial charge on any atom is -0.497 e. The van der Waals surface area contributed by atoms with Crippen LogP contribution in [0.3, 0.4) is 0 Å². The van der Waals surface area contributed by atoms with Crippen molar-refractivity contribution in [1.82, 2.24) is 5.32 Å². The third kappa shape index (κ3) is 3.73. The summed E-state index contributed by atoms with van der Waals surface area (Å²) in [6.07, 6.45) is 1.43. The van der Waals surface area contributed by atoms with Crippen LogP contribution in [-0.2, 0) is 9.59 Å². The van der Waals surface area contributed by atoms with Crippen LogP contribution < -0.4 is 15.0 Å². The smallest absolute Gasteiger partial charge is 0.335 e. The number of carbonyl (C=O) groups is 3. The predicted octanol–water partition coefficient (Wildman–Crippen LogP) is 3.62. The topological polar surface area (TPSA) is 75.7 Å². The highest BCUT2D eigenvalue weighted by atomic mass is 127. The molecule has 2 aromatic carbocycles. The monoisotopic (exact) mass is 482 g/mol. The molecular formula is C18H12ClIN2O4. The Bertz CT molecular complexity index is 941. The highest BCUT2D eigenvalue weighted by Crippen LogP contribution is 2.25. The molecule has 132 valence electrons. The molecule has 0 aliphatic carbocycles. The summed E-state index contributed by atoms with van der Waals surface area (Å²) >= 11 is 7.95. The lowest BCUT2D eigenvalue weighted by atomic mass is 10.1. The van der Waals surface area contributed by atoms with Gasteiger partial charge in [0.05, 0.1) is 12.8 Å². The number of methoxy groups -OCH3 is 1. The van der Waals surface area contributed by atoms with Gasteiger partial charge in [-0.05, 0) is 76.7 Å². The number of ether oxygens (including phenoxy) is 1. The van der Waals surface area contributed by atoms with Crippen LogP contribution in [0, 0.1) is 3.57 Å². The van der Waals surface area contributed by atoms with Gasteiger partial charge in [-0.1, -0.05) is 11.6 Å². The molecule has 0 spiro atoms. The Labute approximate surface area is 167 Å². The van der Waals surface area contributed by atoms with Crippen molar-refractivity contribution in [3.8, 4) is 5.75 Å². The average molecular weight is 483 g/mol. The van der Waals surface area contributed by atoms with E-state index in [-0.39, 0.29) is 5.57 Å². The predicted molar refractivity (Wildman–Crippen MR) is 106 cm³/mol. The van der Waals surface area contributed by atoms with Gasteiger partial charge in [0.1, 0.15) is 11.3 Å². The maximum Gasteiger partial charge on any atom is 0.335 e. The van der Waals surface area contributed by atoms with Gasteiger partial charge in [-0.25, -0.2) is 9.69 Å². The fourth-order valence-electron chi connectivity index (χ4n) is 2.43. The van der Waals surface area contributed by atoms with Gasteiger partial charge in [-0.15, -0.1) is 0 Å². The number of barbiturate groups is 1. The zero-order valence-electron chi connectivity index (χ0n) is 13.5. The Hall–Kier alpha value is -2.39. The second kappa shape index (κ2) is 7.46. The molecule has 6 nitrogen and oxygen atoms in total. The Morgan fingerprint density at radius 2 is 1.81 bits per heavy atom. The van der Waals surface area contributed by atoms with Crippen molar-refractivity contribution in [3.05, 3.63) is 62.2 Å². The summed E-state index contributed by atoms with van der Waals surface area (Å²) in [5.74, 6) is -0.861. The van der Waals surface area contributed by atoms with Crippen LogP contribution >= 0.6 is 34.2 Å². The number of anilines is 1. The molecule has 0 unspecified atom stereocenters. The van der Waals surface area contributed by atoms with Crippen molar-refractivity contribution in [2.75, 3.05) is 12.0 Å². The summed E-state index contributed by atoms with van der Waals surface area (Å²) in [7, 11) is 1.53. The van der Waals surface area contributed by atoms with Gasteiger partial charge in [0.15, 0.2) is 0 Å². The second-order valence-electron chi connectivity index (χ2n) is 5.36. The normalized spacial score (nSPS) is 16.0. The van der Waals surface area contributed by atoms with E-state index in [0.717, 1.165) is 8.47 Å². The fourth-order valence-corrected chi connectivity index (χ4v) is 3.23. The first kappa shape index (κ1) is 18.4. The Kier molecular flexibility index (Phi) is 5.28. The summed E-state index contributed by atoms with van der Waals surface area (Å²) in [6.45, 7) is 0. The van der Waals surface area contributed by atoms with Crippen LogP contribution in [0.2, 0.25) is 5.02 Å². The number of nitrogens with one attached hydrogen (secondary N) is 1. The van der Waals surface area contributed by atoms with E-state index < -0.39 is 17.8 Å². The van der Waals surface area contributed by atoms with Gasteiger partial charge in [-0.3, -0.25) is 14.9 Å². The minimum atomic E-state index is -0.806.